The molecule has 2 N–H and O–H groups in total. The van der Waals surface area contributed by atoms with Crippen LogP contribution in [0.25, 0.3) is 0 Å². The van der Waals surface area contributed by atoms with Crippen molar-refractivity contribution in [1.82, 2.24) is 25.5 Å². The Balaban J connectivity index is 0.00000364. The van der Waals surface area contributed by atoms with Gasteiger partial charge in [0.1, 0.15) is 0 Å². The molecule has 0 aliphatic carbocycles. The summed E-state index contributed by atoms with van der Waals surface area (Å²) >= 11 is 0. The average Bonchev–Trinajstić information content (AvgIpc) is 2.66. The van der Waals surface area contributed by atoms with Gasteiger partial charge in [0, 0.05) is 51.7 Å². The van der Waals surface area contributed by atoms with Crippen LogP contribution in [0.15, 0.2) is 23.5 Å². The van der Waals surface area contributed by atoms with E-state index in [1.165, 1.54) is 0 Å². The fourth-order valence-electron chi connectivity index (χ4n) is 2.74. The summed E-state index contributed by atoms with van der Waals surface area (Å²) in [5.41, 5.74) is -0.531. The first-order valence-corrected chi connectivity index (χ1v) is 9.31. The third kappa shape index (κ3) is 6.78. The number of hydrogen-bond donors (Lipinski definition) is 2. The second-order valence-electron chi connectivity index (χ2n) is 6.94. The van der Waals surface area contributed by atoms with E-state index >= 15 is 0 Å². The smallest absolute Gasteiger partial charge is 0.227 e. The number of anilines is 1. The molecule has 1 aromatic heterocycles. The Hall–Kier alpha value is -1.65. The van der Waals surface area contributed by atoms with Crippen molar-refractivity contribution in [3.63, 3.8) is 0 Å². The molecule has 1 amide bonds. The Labute approximate surface area is 179 Å². The van der Waals surface area contributed by atoms with Gasteiger partial charge in [-0.15, -0.1) is 24.0 Å². The Kier molecular flexibility index (Phi) is 9.75. The van der Waals surface area contributed by atoms with Crippen molar-refractivity contribution in [2.75, 3.05) is 50.7 Å². The lowest BCUT2D eigenvalue weighted by molar-refractivity contribution is -0.128. The summed E-state index contributed by atoms with van der Waals surface area (Å²) in [6.45, 7) is 13.1. The topological polar surface area (TPSA) is 85.8 Å². The fourth-order valence-corrected chi connectivity index (χ4v) is 2.74. The van der Waals surface area contributed by atoms with Crippen molar-refractivity contribution in [3.05, 3.63) is 18.5 Å². The Morgan fingerprint density at radius 3 is 2.26 bits per heavy atom. The number of nitrogens with one attached hydrogen (secondary N) is 2. The quantitative estimate of drug-likeness (QED) is 0.357. The van der Waals surface area contributed by atoms with E-state index in [1.807, 2.05) is 26.8 Å². The molecule has 0 spiro atoms. The molecule has 0 aromatic carbocycles. The molecule has 1 saturated heterocycles. The highest BCUT2D eigenvalue weighted by molar-refractivity contribution is 14.0. The number of aromatic nitrogens is 2. The van der Waals surface area contributed by atoms with Crippen LogP contribution in [0.5, 0.6) is 0 Å². The zero-order valence-electron chi connectivity index (χ0n) is 16.7. The minimum Gasteiger partial charge on any atom is -0.357 e. The lowest BCUT2D eigenvalue weighted by Gasteiger charge is -2.36. The number of rotatable bonds is 6. The van der Waals surface area contributed by atoms with Crippen LogP contribution in [0.4, 0.5) is 5.95 Å². The summed E-state index contributed by atoms with van der Waals surface area (Å²) in [6.07, 6.45) is 3.54. The highest BCUT2D eigenvalue weighted by Crippen LogP contribution is 2.16. The van der Waals surface area contributed by atoms with Gasteiger partial charge in [0.25, 0.3) is 0 Å². The van der Waals surface area contributed by atoms with Crippen LogP contribution in [0.3, 0.4) is 0 Å². The lowest BCUT2D eigenvalue weighted by atomic mass is 9.92. The predicted octanol–water partition coefficient (Wildman–Crippen LogP) is 1.34. The van der Waals surface area contributed by atoms with Crippen LogP contribution in [0, 0.1) is 5.41 Å². The van der Waals surface area contributed by atoms with Crippen LogP contribution >= 0.6 is 24.0 Å². The number of nitrogens with zero attached hydrogens (tertiary/aromatic N) is 5. The number of aliphatic imine (C=N–C) groups is 1. The minimum atomic E-state index is -0.531. The van der Waals surface area contributed by atoms with Gasteiger partial charge in [-0.3, -0.25) is 9.79 Å². The van der Waals surface area contributed by atoms with Crippen LogP contribution in [0.2, 0.25) is 0 Å². The molecule has 27 heavy (non-hydrogen) atoms. The molecular formula is C18H32IN7O. The maximum atomic E-state index is 12.2. The van der Waals surface area contributed by atoms with E-state index in [1.54, 1.807) is 12.4 Å². The van der Waals surface area contributed by atoms with Crippen molar-refractivity contribution in [2.24, 2.45) is 10.4 Å². The second-order valence-corrected chi connectivity index (χ2v) is 6.94. The first-order valence-electron chi connectivity index (χ1n) is 9.31. The maximum absolute atomic E-state index is 12.2. The minimum absolute atomic E-state index is 0. The maximum Gasteiger partial charge on any atom is 0.227 e. The lowest BCUT2D eigenvalue weighted by Crippen LogP contribution is -2.53. The summed E-state index contributed by atoms with van der Waals surface area (Å²) in [7, 11) is 0. The number of halogens is 1. The highest BCUT2D eigenvalue weighted by atomic mass is 127. The third-order valence-corrected chi connectivity index (χ3v) is 4.33. The van der Waals surface area contributed by atoms with Crippen LogP contribution in [-0.2, 0) is 4.79 Å². The second kappa shape index (κ2) is 11.3. The molecule has 1 aliphatic rings. The van der Waals surface area contributed by atoms with Gasteiger partial charge in [-0.1, -0.05) is 0 Å². The molecule has 152 valence electrons. The van der Waals surface area contributed by atoms with Gasteiger partial charge in [-0.2, -0.15) is 0 Å². The average molecular weight is 489 g/mol. The molecular weight excluding hydrogens is 457 g/mol. The monoisotopic (exact) mass is 489 g/mol. The third-order valence-electron chi connectivity index (χ3n) is 4.33. The van der Waals surface area contributed by atoms with Crippen LogP contribution < -0.4 is 15.5 Å². The molecule has 0 atom stereocenters. The van der Waals surface area contributed by atoms with Crippen LogP contribution in [-0.4, -0.2) is 72.5 Å². The van der Waals surface area contributed by atoms with E-state index in [0.717, 1.165) is 44.6 Å². The van der Waals surface area contributed by atoms with E-state index < -0.39 is 5.41 Å². The molecule has 2 rings (SSSR count). The van der Waals surface area contributed by atoms with Crippen molar-refractivity contribution in [2.45, 2.75) is 27.7 Å². The number of amides is 1. The van der Waals surface area contributed by atoms with E-state index in [4.69, 9.17) is 4.99 Å². The van der Waals surface area contributed by atoms with Crippen molar-refractivity contribution in [1.29, 1.82) is 0 Å². The summed E-state index contributed by atoms with van der Waals surface area (Å²) in [6, 6.07) is 1.83. The van der Waals surface area contributed by atoms with Gasteiger partial charge in [0.15, 0.2) is 5.96 Å². The molecule has 0 saturated carbocycles. The molecule has 1 aliphatic heterocycles. The van der Waals surface area contributed by atoms with E-state index in [-0.39, 0.29) is 29.9 Å². The van der Waals surface area contributed by atoms with Crippen molar-refractivity contribution in [3.8, 4) is 0 Å². The summed E-state index contributed by atoms with van der Waals surface area (Å²) in [5, 5.41) is 6.23. The number of hydrogen-bond acceptors (Lipinski definition) is 5. The zero-order valence-corrected chi connectivity index (χ0v) is 19.1. The van der Waals surface area contributed by atoms with Crippen LogP contribution in [0.1, 0.15) is 27.7 Å². The van der Waals surface area contributed by atoms with Crippen molar-refractivity contribution < 1.29 is 4.79 Å². The Morgan fingerprint density at radius 1 is 1.11 bits per heavy atom. The van der Waals surface area contributed by atoms with Gasteiger partial charge in [0.05, 0.1) is 12.0 Å². The SMILES string of the molecule is CCNC(=O)C(C)(C)CN=C(NCC)N1CCN(c2ncccn2)CC1.I. The normalized spacial score (nSPS) is 15.2. The predicted molar refractivity (Wildman–Crippen MR) is 120 cm³/mol. The molecule has 1 aromatic rings. The fraction of sp³-hybridized carbons (Fsp3) is 0.667. The van der Waals surface area contributed by atoms with Gasteiger partial charge in [0.2, 0.25) is 11.9 Å². The summed E-state index contributed by atoms with van der Waals surface area (Å²) in [5.74, 6) is 1.66. The standard InChI is InChI=1S/C18H31N7O.HI/c1-5-19-15(26)18(3,4)14-23-16(20-6-2)24-10-12-25(13-11-24)17-21-8-7-9-22-17;/h7-9H,5-6,10-14H2,1-4H3,(H,19,26)(H,20,23);1H. The van der Waals surface area contributed by atoms with Gasteiger partial charge in [-0.05, 0) is 33.8 Å². The molecule has 0 bridgehead atoms. The molecule has 0 radical (unpaired) electrons. The van der Waals surface area contributed by atoms with E-state index in [2.05, 4.69) is 37.3 Å². The van der Waals surface area contributed by atoms with E-state index in [9.17, 15) is 4.79 Å². The first kappa shape index (κ1) is 23.4. The number of piperazine rings is 1. The molecule has 0 unspecified atom stereocenters. The largest absolute Gasteiger partial charge is 0.357 e. The Bertz CT molecular complexity index is 601. The number of guanidine groups is 1. The number of carbonyl (C=O) groups excluding carboxylic acids is 1. The van der Waals surface area contributed by atoms with Crippen molar-refractivity contribution >= 4 is 41.8 Å². The van der Waals surface area contributed by atoms with Gasteiger partial charge < -0.3 is 20.4 Å². The zero-order chi connectivity index (χ0) is 19.0. The molecule has 1 fully saturated rings. The highest BCUT2D eigenvalue weighted by Gasteiger charge is 2.28. The summed E-state index contributed by atoms with van der Waals surface area (Å²) in [4.78, 5) is 30.0. The Morgan fingerprint density at radius 2 is 1.70 bits per heavy atom. The molecule has 2 heterocycles. The van der Waals surface area contributed by atoms with Gasteiger partial charge >= 0.3 is 0 Å². The molecule has 9 heteroatoms. The van der Waals surface area contributed by atoms with E-state index in [0.29, 0.717) is 13.1 Å². The molecule has 8 nitrogen and oxygen atoms in total. The van der Waals surface area contributed by atoms with Gasteiger partial charge in [-0.25, -0.2) is 9.97 Å². The number of carbonyl (C=O) groups is 1. The summed E-state index contributed by atoms with van der Waals surface area (Å²) < 4.78 is 0. The first-order chi connectivity index (χ1) is 12.5.